The van der Waals surface area contributed by atoms with Crippen LogP contribution in [0, 0.1) is 11.8 Å². The zero-order valence-corrected chi connectivity index (χ0v) is 55.3. The summed E-state index contributed by atoms with van der Waals surface area (Å²) in [5, 5.41) is 10.5. The van der Waals surface area contributed by atoms with Gasteiger partial charge in [-0.3, -0.25) is 37.3 Å². The van der Waals surface area contributed by atoms with Crippen molar-refractivity contribution in [1.29, 1.82) is 0 Å². The molecule has 0 heterocycles. The number of aliphatic hydroxyl groups excluding tert-OH is 1. The maximum atomic E-state index is 13.0. The van der Waals surface area contributed by atoms with Crippen molar-refractivity contribution in [2.45, 2.75) is 336 Å². The van der Waals surface area contributed by atoms with Crippen molar-refractivity contribution in [1.82, 2.24) is 0 Å². The number of phosphoric acid groups is 2. The summed E-state index contributed by atoms with van der Waals surface area (Å²) in [6.07, 6.45) is 39.1. The van der Waals surface area contributed by atoms with Crippen LogP contribution in [0.3, 0.4) is 0 Å². The highest BCUT2D eigenvalue weighted by atomic mass is 31.2. The van der Waals surface area contributed by atoms with Gasteiger partial charge in [0, 0.05) is 25.7 Å². The molecule has 19 heteroatoms. The summed E-state index contributed by atoms with van der Waals surface area (Å²) in [7, 11) is -9.88. The van der Waals surface area contributed by atoms with Crippen molar-refractivity contribution in [2.75, 3.05) is 39.6 Å². The number of hydrogen-bond acceptors (Lipinski definition) is 15. The maximum Gasteiger partial charge on any atom is 0.472 e. The Kier molecular flexibility index (Phi) is 55.2. The quantitative estimate of drug-likeness (QED) is 0.0222. The minimum absolute atomic E-state index is 0.106. The number of ether oxygens (including phenoxy) is 4. The topological polar surface area (TPSA) is 237 Å². The molecule has 83 heavy (non-hydrogen) atoms. The first kappa shape index (κ1) is 81.1. The van der Waals surface area contributed by atoms with E-state index < -0.39 is 97.5 Å². The van der Waals surface area contributed by atoms with Gasteiger partial charge < -0.3 is 33.8 Å². The minimum atomic E-state index is -4.94. The van der Waals surface area contributed by atoms with Crippen LogP contribution in [0.25, 0.3) is 0 Å². The number of carbonyl (C=O) groups excluding carboxylic acids is 4. The summed E-state index contributed by atoms with van der Waals surface area (Å²) in [5.41, 5.74) is 0. The van der Waals surface area contributed by atoms with Crippen LogP contribution in [0.4, 0.5) is 0 Å². The summed E-state index contributed by atoms with van der Waals surface area (Å²) in [6.45, 7) is 9.42. The smallest absolute Gasteiger partial charge is 0.462 e. The number of aliphatic hydroxyl groups is 1. The molecule has 6 atom stereocenters. The lowest BCUT2D eigenvalue weighted by atomic mass is 9.99. The fourth-order valence-corrected chi connectivity index (χ4v) is 11.1. The van der Waals surface area contributed by atoms with E-state index in [4.69, 9.17) is 37.0 Å². The fraction of sp³-hybridized carbons (Fsp3) is 0.938. The molecule has 0 spiro atoms. The van der Waals surface area contributed by atoms with Crippen LogP contribution in [0.1, 0.15) is 318 Å². The van der Waals surface area contributed by atoms with Crippen molar-refractivity contribution < 1.29 is 80.2 Å². The molecule has 0 aromatic heterocycles. The molecule has 0 aliphatic heterocycles. The highest BCUT2D eigenvalue weighted by Crippen LogP contribution is 2.45. The third-order valence-electron chi connectivity index (χ3n) is 15.1. The highest BCUT2D eigenvalue weighted by Gasteiger charge is 2.30. The number of carbonyl (C=O) groups is 4. The molecule has 3 unspecified atom stereocenters. The molecule has 0 amide bonds. The van der Waals surface area contributed by atoms with E-state index in [1.165, 1.54) is 128 Å². The van der Waals surface area contributed by atoms with Gasteiger partial charge in [0.1, 0.15) is 19.3 Å². The van der Waals surface area contributed by atoms with Crippen LogP contribution < -0.4 is 0 Å². The molecule has 0 rings (SSSR count). The number of rotatable bonds is 63. The third kappa shape index (κ3) is 57.6. The number of phosphoric ester groups is 2. The van der Waals surface area contributed by atoms with Crippen LogP contribution in [0.15, 0.2) is 0 Å². The van der Waals surface area contributed by atoms with Crippen LogP contribution in [-0.4, -0.2) is 96.7 Å². The van der Waals surface area contributed by atoms with Gasteiger partial charge in [-0.2, -0.15) is 0 Å². The normalized spacial score (nSPS) is 14.6. The Morgan fingerprint density at radius 1 is 0.349 bits per heavy atom. The Balaban J connectivity index is 5.18. The molecule has 0 aliphatic rings. The van der Waals surface area contributed by atoms with E-state index in [-0.39, 0.29) is 25.7 Å². The Labute approximate surface area is 505 Å². The lowest BCUT2D eigenvalue weighted by Crippen LogP contribution is -2.30. The minimum Gasteiger partial charge on any atom is -0.462 e. The summed E-state index contributed by atoms with van der Waals surface area (Å²) in [5.74, 6) is -0.600. The number of unbranched alkanes of at least 4 members (excludes halogenated alkanes) is 32. The summed E-state index contributed by atoms with van der Waals surface area (Å²) >= 11 is 0. The number of esters is 4. The van der Waals surface area contributed by atoms with E-state index in [9.17, 15) is 43.2 Å². The van der Waals surface area contributed by atoms with Gasteiger partial charge in [-0.25, -0.2) is 9.13 Å². The Bertz CT molecular complexity index is 1630. The molecule has 0 bridgehead atoms. The molecule has 0 radical (unpaired) electrons. The molecule has 492 valence electrons. The monoisotopic (exact) mass is 1230 g/mol. The molecule has 0 aromatic rings. The van der Waals surface area contributed by atoms with Crippen molar-refractivity contribution in [3.8, 4) is 0 Å². The highest BCUT2D eigenvalue weighted by molar-refractivity contribution is 7.47. The van der Waals surface area contributed by atoms with E-state index in [2.05, 4.69) is 41.5 Å². The summed E-state index contributed by atoms with van der Waals surface area (Å²) in [6, 6.07) is 0. The summed E-state index contributed by atoms with van der Waals surface area (Å²) < 4.78 is 67.8. The largest absolute Gasteiger partial charge is 0.472 e. The van der Waals surface area contributed by atoms with E-state index >= 15 is 0 Å². The zero-order valence-electron chi connectivity index (χ0n) is 53.5. The van der Waals surface area contributed by atoms with Crippen LogP contribution >= 0.6 is 15.6 Å². The lowest BCUT2D eigenvalue weighted by Gasteiger charge is -2.21. The zero-order chi connectivity index (χ0) is 61.5. The molecule has 0 saturated carbocycles. The number of hydrogen-bond donors (Lipinski definition) is 3. The average molecular weight is 1230 g/mol. The van der Waals surface area contributed by atoms with E-state index in [0.29, 0.717) is 25.7 Å². The van der Waals surface area contributed by atoms with E-state index in [1.807, 2.05) is 0 Å². The standard InChI is InChI=1S/C64H124O17P2/c1-7-10-12-14-15-16-17-20-23-30-36-42-48-63(68)80-59(52-74-61(66)46-40-32-13-11-8-2)54-78-82(70,71)76-50-58(65)51-77-83(72,73)79-55-60(53-75-62(67)47-41-35-29-26-25-28-34-39-45-57(6)9-3)81-64(69)49-43-37-31-24-21-18-19-22-27-33-38-44-56(4)5/h56-60,65H,7-55H2,1-6H3,(H,70,71)(H,72,73)/t57?,58-,59+,60+/m0/s1. The lowest BCUT2D eigenvalue weighted by molar-refractivity contribution is -0.161. The van der Waals surface area contributed by atoms with Gasteiger partial charge in [0.2, 0.25) is 0 Å². The van der Waals surface area contributed by atoms with Gasteiger partial charge in [0.05, 0.1) is 26.4 Å². The predicted molar refractivity (Wildman–Crippen MR) is 331 cm³/mol. The maximum absolute atomic E-state index is 13.0. The first-order chi connectivity index (χ1) is 39.9. The van der Waals surface area contributed by atoms with Crippen molar-refractivity contribution in [2.24, 2.45) is 11.8 Å². The first-order valence-corrected chi connectivity index (χ1v) is 36.5. The molecule has 0 aliphatic carbocycles. The van der Waals surface area contributed by atoms with Crippen molar-refractivity contribution >= 4 is 39.5 Å². The van der Waals surface area contributed by atoms with Crippen molar-refractivity contribution in [3.63, 3.8) is 0 Å². The second-order valence-corrected chi connectivity index (χ2v) is 26.8. The Hall–Kier alpha value is -1.94. The van der Waals surface area contributed by atoms with Gasteiger partial charge >= 0.3 is 39.5 Å². The fourth-order valence-electron chi connectivity index (χ4n) is 9.50. The average Bonchev–Trinajstić information content (AvgIpc) is 3.47. The van der Waals surface area contributed by atoms with E-state index in [0.717, 1.165) is 108 Å². The van der Waals surface area contributed by atoms with Crippen LogP contribution in [-0.2, 0) is 65.4 Å². The first-order valence-electron chi connectivity index (χ1n) is 33.5. The Morgan fingerprint density at radius 2 is 0.614 bits per heavy atom. The Morgan fingerprint density at radius 3 is 0.916 bits per heavy atom. The van der Waals surface area contributed by atoms with Gasteiger partial charge in [-0.15, -0.1) is 0 Å². The van der Waals surface area contributed by atoms with E-state index in [1.54, 1.807) is 0 Å². The summed E-state index contributed by atoms with van der Waals surface area (Å²) in [4.78, 5) is 72.0. The van der Waals surface area contributed by atoms with Crippen LogP contribution in [0.5, 0.6) is 0 Å². The molecule has 3 N–H and O–H groups in total. The van der Waals surface area contributed by atoms with Gasteiger partial charge in [-0.1, -0.05) is 266 Å². The van der Waals surface area contributed by atoms with Crippen LogP contribution in [0.2, 0.25) is 0 Å². The second-order valence-electron chi connectivity index (χ2n) is 23.9. The molecule has 0 saturated heterocycles. The molecule has 0 fully saturated rings. The molecule has 0 aromatic carbocycles. The molecular formula is C64H124O17P2. The molecule has 17 nitrogen and oxygen atoms in total. The third-order valence-corrected chi connectivity index (χ3v) is 17.0. The SMILES string of the molecule is CCCCCCCCCCCCCCC(=O)O[C@H](COC(=O)CCCCCCC)COP(=O)(O)OC[C@H](O)COP(=O)(O)OC[C@@H](COC(=O)CCCCCCCCCCC(C)CC)OC(=O)CCCCCCCCCCCCCC(C)C. The van der Waals surface area contributed by atoms with Gasteiger partial charge in [0.25, 0.3) is 0 Å². The molecular weight excluding hydrogens is 1100 g/mol. The second kappa shape index (κ2) is 56.6. The predicted octanol–water partition coefficient (Wildman–Crippen LogP) is 17.7. The van der Waals surface area contributed by atoms with Gasteiger partial charge in [0.15, 0.2) is 12.2 Å². The van der Waals surface area contributed by atoms with Crippen molar-refractivity contribution in [3.05, 3.63) is 0 Å². The van der Waals surface area contributed by atoms with Gasteiger partial charge in [-0.05, 0) is 37.5 Å².